The van der Waals surface area contributed by atoms with Gasteiger partial charge in [-0.25, -0.2) is 0 Å². The number of hydrogen-bond donors (Lipinski definition) is 2. The Balaban J connectivity index is 1.70. The number of benzene rings is 1. The molecule has 0 bridgehead atoms. The first kappa shape index (κ1) is 18.8. The molecule has 3 rings (SSSR count). The lowest BCUT2D eigenvalue weighted by Crippen LogP contribution is -2.33. The van der Waals surface area contributed by atoms with Crippen molar-refractivity contribution < 1.29 is 14.3 Å². The van der Waals surface area contributed by atoms with Gasteiger partial charge < -0.3 is 19.9 Å². The first-order valence-electron chi connectivity index (χ1n) is 8.94. The van der Waals surface area contributed by atoms with E-state index in [1.165, 1.54) is 17.2 Å². The number of H-pyrrole nitrogens is 1. The number of rotatable bonds is 7. The van der Waals surface area contributed by atoms with Gasteiger partial charge in [-0.15, -0.1) is 0 Å². The molecular formula is C20H23N3O4. The van der Waals surface area contributed by atoms with Gasteiger partial charge in [0, 0.05) is 26.4 Å². The maximum atomic E-state index is 12.7. The number of carbonyl (C=O) groups excluding carboxylic acids is 2. The van der Waals surface area contributed by atoms with Crippen LogP contribution in [0.2, 0.25) is 0 Å². The molecule has 1 aliphatic rings. The summed E-state index contributed by atoms with van der Waals surface area (Å²) in [6.45, 7) is 2.87. The molecule has 0 radical (unpaired) electrons. The van der Waals surface area contributed by atoms with E-state index in [4.69, 9.17) is 4.74 Å². The second-order valence-electron chi connectivity index (χ2n) is 6.59. The van der Waals surface area contributed by atoms with Gasteiger partial charge in [-0.05, 0) is 25.0 Å². The summed E-state index contributed by atoms with van der Waals surface area (Å²) in [6, 6.07) is 10.8. The molecule has 2 aromatic rings. The number of nitrogens with one attached hydrogen (secondary N) is 2. The molecule has 2 amide bonds. The Kier molecular flexibility index (Phi) is 5.71. The largest absolute Gasteiger partial charge is 0.376 e. The number of nitrogens with zero attached hydrogens (tertiary/aromatic N) is 1. The van der Waals surface area contributed by atoms with Crippen molar-refractivity contribution in [3.8, 4) is 0 Å². The van der Waals surface area contributed by atoms with E-state index >= 15 is 0 Å². The average Bonchev–Trinajstić information content (AvgIpc) is 3.40. The van der Waals surface area contributed by atoms with Gasteiger partial charge in [-0.3, -0.25) is 14.4 Å². The first-order chi connectivity index (χ1) is 13.0. The third-order valence-electron chi connectivity index (χ3n) is 4.43. The first-order valence-corrected chi connectivity index (χ1v) is 8.94. The van der Waals surface area contributed by atoms with Crippen LogP contribution >= 0.6 is 0 Å². The van der Waals surface area contributed by atoms with Crippen molar-refractivity contribution in [2.24, 2.45) is 0 Å². The Labute approximate surface area is 157 Å². The summed E-state index contributed by atoms with van der Waals surface area (Å²) in [5.74, 6) is -0.772. The minimum absolute atomic E-state index is 0.0238. The van der Waals surface area contributed by atoms with Gasteiger partial charge in [0.1, 0.15) is 5.56 Å². The van der Waals surface area contributed by atoms with Gasteiger partial charge in [0.2, 0.25) is 0 Å². The molecule has 142 valence electrons. The third kappa shape index (κ3) is 4.62. The van der Waals surface area contributed by atoms with Crippen LogP contribution < -0.4 is 10.9 Å². The highest BCUT2D eigenvalue weighted by Crippen LogP contribution is 2.25. The van der Waals surface area contributed by atoms with Gasteiger partial charge >= 0.3 is 0 Å². The molecule has 0 saturated heterocycles. The van der Waals surface area contributed by atoms with E-state index in [0.717, 1.165) is 12.0 Å². The molecule has 27 heavy (non-hydrogen) atoms. The standard InChI is InChI=1S/C20H23N3O4/c1-3-27-17-10-16(17)22-18(24)14-9-15(19(25)21-11-14)20(26)23(2)12-13-7-5-4-6-8-13/h4-9,11,16-17H,3,10,12H2,1-2H3,(H,21,25)(H,22,24). The van der Waals surface area contributed by atoms with E-state index in [9.17, 15) is 14.4 Å². The molecule has 1 aliphatic carbocycles. The fraction of sp³-hybridized carbons (Fsp3) is 0.350. The lowest BCUT2D eigenvalue weighted by molar-refractivity contribution is 0.0783. The lowest BCUT2D eigenvalue weighted by atomic mass is 10.1. The summed E-state index contributed by atoms with van der Waals surface area (Å²) < 4.78 is 5.44. The summed E-state index contributed by atoms with van der Waals surface area (Å²) in [4.78, 5) is 41.1. The summed E-state index contributed by atoms with van der Waals surface area (Å²) in [6.07, 6.45) is 2.14. The Morgan fingerprint density at radius 1 is 1.30 bits per heavy atom. The zero-order chi connectivity index (χ0) is 19.4. The summed E-state index contributed by atoms with van der Waals surface area (Å²) in [7, 11) is 1.62. The second-order valence-corrected chi connectivity index (χ2v) is 6.59. The summed E-state index contributed by atoms with van der Waals surface area (Å²) in [5, 5.41) is 2.85. The van der Waals surface area contributed by atoms with Crippen LogP contribution in [0.3, 0.4) is 0 Å². The highest BCUT2D eigenvalue weighted by Gasteiger charge is 2.39. The number of pyridine rings is 1. The molecule has 2 N–H and O–H groups in total. The van der Waals surface area contributed by atoms with E-state index in [2.05, 4.69) is 10.3 Å². The van der Waals surface area contributed by atoms with Crippen LogP contribution in [-0.2, 0) is 11.3 Å². The monoisotopic (exact) mass is 369 g/mol. The molecule has 7 heteroatoms. The van der Waals surface area contributed by atoms with Gasteiger partial charge in [0.25, 0.3) is 17.4 Å². The minimum atomic E-state index is -0.518. The molecule has 1 heterocycles. The Hall–Kier alpha value is -2.93. The van der Waals surface area contributed by atoms with Crippen molar-refractivity contribution in [3.63, 3.8) is 0 Å². The van der Waals surface area contributed by atoms with Crippen molar-refractivity contribution in [1.29, 1.82) is 0 Å². The molecule has 2 unspecified atom stereocenters. The predicted molar refractivity (Wildman–Crippen MR) is 101 cm³/mol. The number of aromatic nitrogens is 1. The zero-order valence-corrected chi connectivity index (χ0v) is 15.4. The lowest BCUT2D eigenvalue weighted by Gasteiger charge is -2.17. The maximum absolute atomic E-state index is 12.7. The number of amides is 2. The summed E-state index contributed by atoms with van der Waals surface area (Å²) in [5.41, 5.74) is 0.621. The number of ether oxygens (including phenoxy) is 1. The van der Waals surface area contributed by atoms with Crippen LogP contribution in [0.1, 0.15) is 39.6 Å². The third-order valence-corrected chi connectivity index (χ3v) is 4.43. The topological polar surface area (TPSA) is 91.5 Å². The van der Waals surface area contributed by atoms with E-state index in [-0.39, 0.29) is 29.2 Å². The van der Waals surface area contributed by atoms with Crippen molar-refractivity contribution in [1.82, 2.24) is 15.2 Å². The number of hydrogen-bond acceptors (Lipinski definition) is 4. The van der Waals surface area contributed by atoms with Crippen LogP contribution in [-0.4, -0.2) is 47.5 Å². The van der Waals surface area contributed by atoms with Crippen LogP contribution in [0, 0.1) is 0 Å². The Morgan fingerprint density at radius 3 is 2.74 bits per heavy atom. The van der Waals surface area contributed by atoms with E-state index in [1.54, 1.807) is 7.05 Å². The average molecular weight is 369 g/mol. The van der Waals surface area contributed by atoms with E-state index in [1.807, 2.05) is 37.3 Å². The second kappa shape index (κ2) is 8.18. The minimum Gasteiger partial charge on any atom is -0.376 e. The van der Waals surface area contributed by atoms with Crippen molar-refractivity contribution in [2.45, 2.75) is 32.0 Å². The fourth-order valence-electron chi connectivity index (χ4n) is 2.88. The smallest absolute Gasteiger partial charge is 0.260 e. The highest BCUT2D eigenvalue weighted by molar-refractivity contribution is 5.99. The van der Waals surface area contributed by atoms with Gasteiger partial charge in [0.05, 0.1) is 17.7 Å². The Bertz CT molecular complexity index is 878. The summed E-state index contributed by atoms with van der Waals surface area (Å²) >= 11 is 0. The van der Waals surface area contributed by atoms with Crippen molar-refractivity contribution >= 4 is 11.8 Å². The molecule has 1 saturated carbocycles. The zero-order valence-electron chi connectivity index (χ0n) is 15.4. The predicted octanol–water partition coefficient (Wildman–Crippen LogP) is 1.55. The molecule has 1 fully saturated rings. The van der Waals surface area contributed by atoms with Crippen LogP contribution in [0.5, 0.6) is 0 Å². The van der Waals surface area contributed by atoms with Crippen molar-refractivity contribution in [3.05, 3.63) is 69.6 Å². The van der Waals surface area contributed by atoms with E-state index in [0.29, 0.717) is 13.2 Å². The number of aromatic amines is 1. The highest BCUT2D eigenvalue weighted by atomic mass is 16.5. The van der Waals surface area contributed by atoms with Crippen LogP contribution in [0.25, 0.3) is 0 Å². The van der Waals surface area contributed by atoms with Gasteiger partial charge in [-0.1, -0.05) is 30.3 Å². The molecule has 7 nitrogen and oxygen atoms in total. The normalized spacial score (nSPS) is 18.0. The van der Waals surface area contributed by atoms with Gasteiger partial charge in [0.15, 0.2) is 0 Å². The molecule has 1 aromatic heterocycles. The quantitative estimate of drug-likeness (QED) is 0.775. The molecule has 2 atom stereocenters. The van der Waals surface area contributed by atoms with Crippen molar-refractivity contribution in [2.75, 3.05) is 13.7 Å². The molecule has 1 aromatic carbocycles. The molecule has 0 aliphatic heterocycles. The SMILES string of the molecule is CCOC1CC1NC(=O)c1c[nH]c(=O)c(C(=O)N(C)Cc2ccccc2)c1. The number of carbonyl (C=O) groups is 2. The Morgan fingerprint density at radius 2 is 2.04 bits per heavy atom. The van der Waals surface area contributed by atoms with Gasteiger partial charge in [-0.2, -0.15) is 0 Å². The molecule has 0 spiro atoms. The van der Waals surface area contributed by atoms with Crippen LogP contribution in [0.4, 0.5) is 0 Å². The fourth-order valence-corrected chi connectivity index (χ4v) is 2.88. The van der Waals surface area contributed by atoms with Crippen LogP contribution in [0.15, 0.2) is 47.4 Å². The molecular weight excluding hydrogens is 346 g/mol. The maximum Gasteiger partial charge on any atom is 0.260 e. The van der Waals surface area contributed by atoms with E-state index < -0.39 is 11.5 Å².